The molecule has 3 heteroatoms. The Hall–Kier alpha value is -1.25. The van der Waals surface area contributed by atoms with Gasteiger partial charge < -0.3 is 9.32 Å². The molecule has 0 N–H and O–H groups in total. The first kappa shape index (κ1) is 12.8. The molecule has 0 spiro atoms. The molecule has 2 atom stereocenters. The van der Waals surface area contributed by atoms with Gasteiger partial charge in [-0.3, -0.25) is 4.79 Å². The summed E-state index contributed by atoms with van der Waals surface area (Å²) in [7, 11) is 0. The number of rotatable bonds is 4. The molecular weight excluding hydrogens is 238 g/mol. The summed E-state index contributed by atoms with van der Waals surface area (Å²) in [6.07, 6.45) is 6.18. The van der Waals surface area contributed by atoms with Crippen LogP contribution >= 0.6 is 0 Å². The Morgan fingerprint density at radius 3 is 2.74 bits per heavy atom. The number of furan rings is 1. The van der Waals surface area contributed by atoms with E-state index in [9.17, 15) is 4.79 Å². The summed E-state index contributed by atoms with van der Waals surface area (Å²) in [5.41, 5.74) is 0. The zero-order chi connectivity index (χ0) is 13.2. The lowest BCUT2D eigenvalue weighted by atomic mass is 10.1. The van der Waals surface area contributed by atoms with E-state index in [4.69, 9.17) is 4.42 Å². The summed E-state index contributed by atoms with van der Waals surface area (Å²) in [5, 5.41) is 0. The molecular formula is C16H23NO2. The minimum absolute atomic E-state index is 0.289. The fourth-order valence-corrected chi connectivity index (χ4v) is 2.98. The summed E-state index contributed by atoms with van der Waals surface area (Å²) >= 11 is 0. The Bertz CT molecular complexity index is 445. The highest BCUT2D eigenvalue weighted by atomic mass is 16.3. The topological polar surface area (TPSA) is 33.5 Å². The van der Waals surface area contributed by atoms with Gasteiger partial charge in [-0.2, -0.15) is 0 Å². The molecule has 1 aromatic heterocycles. The van der Waals surface area contributed by atoms with Crippen molar-refractivity contribution in [2.24, 2.45) is 5.92 Å². The van der Waals surface area contributed by atoms with Crippen molar-refractivity contribution < 1.29 is 9.21 Å². The third-order valence-corrected chi connectivity index (χ3v) is 4.45. The number of carbonyl (C=O) groups excluding carboxylic acids is 1. The van der Waals surface area contributed by atoms with Crippen molar-refractivity contribution in [3.63, 3.8) is 0 Å². The van der Waals surface area contributed by atoms with Gasteiger partial charge in [0.15, 0.2) is 0 Å². The van der Waals surface area contributed by atoms with Gasteiger partial charge in [0.05, 0.1) is 0 Å². The monoisotopic (exact) mass is 261 g/mol. The third-order valence-electron chi connectivity index (χ3n) is 4.45. The summed E-state index contributed by atoms with van der Waals surface area (Å²) in [6, 6.07) is 4.14. The van der Waals surface area contributed by atoms with Gasteiger partial charge in [-0.05, 0) is 43.7 Å². The maximum atomic E-state index is 12.1. The van der Waals surface area contributed by atoms with Crippen LogP contribution in [0.2, 0.25) is 0 Å². The lowest BCUT2D eigenvalue weighted by molar-refractivity contribution is -0.132. The number of hydrogen-bond acceptors (Lipinski definition) is 2. The number of nitrogens with zero attached hydrogens (tertiary/aromatic N) is 1. The van der Waals surface area contributed by atoms with E-state index in [0.29, 0.717) is 12.3 Å². The Balaban J connectivity index is 1.48. The number of likely N-dealkylation sites (tertiary alicyclic amines) is 1. The van der Waals surface area contributed by atoms with Crippen LogP contribution in [-0.2, 0) is 11.2 Å². The van der Waals surface area contributed by atoms with E-state index in [1.165, 1.54) is 12.8 Å². The lowest BCUT2D eigenvalue weighted by Gasteiger charge is -2.26. The third kappa shape index (κ3) is 3.02. The fraction of sp³-hybridized carbons (Fsp3) is 0.688. The Morgan fingerprint density at radius 2 is 2.05 bits per heavy atom. The van der Waals surface area contributed by atoms with Gasteiger partial charge in [0.1, 0.15) is 11.5 Å². The molecule has 1 amide bonds. The predicted octanol–water partition coefficient (Wildman–Crippen LogP) is 3.35. The van der Waals surface area contributed by atoms with Gasteiger partial charge in [0.2, 0.25) is 5.91 Å². The SMILES string of the molecule is C[C@H]1C[C@H]1c1ccc(CCC(=O)N2CCCCC2)o1. The molecule has 0 bridgehead atoms. The van der Waals surface area contributed by atoms with E-state index in [-0.39, 0.29) is 5.91 Å². The number of hydrogen-bond donors (Lipinski definition) is 0. The quantitative estimate of drug-likeness (QED) is 0.832. The highest BCUT2D eigenvalue weighted by Crippen LogP contribution is 2.47. The van der Waals surface area contributed by atoms with Crippen molar-refractivity contribution in [3.05, 3.63) is 23.7 Å². The summed E-state index contributed by atoms with van der Waals surface area (Å²) in [5.74, 6) is 3.78. The molecule has 1 aromatic rings. The van der Waals surface area contributed by atoms with Crippen LogP contribution in [0, 0.1) is 5.92 Å². The summed E-state index contributed by atoms with van der Waals surface area (Å²) in [4.78, 5) is 14.1. The number of carbonyl (C=O) groups is 1. The van der Waals surface area contributed by atoms with Crippen molar-refractivity contribution in [1.82, 2.24) is 4.90 Å². The smallest absolute Gasteiger partial charge is 0.223 e. The van der Waals surface area contributed by atoms with E-state index in [0.717, 1.165) is 49.8 Å². The minimum atomic E-state index is 0.289. The van der Waals surface area contributed by atoms with Crippen molar-refractivity contribution in [3.8, 4) is 0 Å². The second kappa shape index (κ2) is 5.40. The van der Waals surface area contributed by atoms with Gasteiger partial charge in [-0.25, -0.2) is 0 Å². The number of aryl methyl sites for hydroxylation is 1. The van der Waals surface area contributed by atoms with Crippen molar-refractivity contribution >= 4 is 5.91 Å². The second-order valence-corrected chi connectivity index (χ2v) is 6.07. The molecule has 1 saturated carbocycles. The molecule has 2 aliphatic rings. The second-order valence-electron chi connectivity index (χ2n) is 6.07. The molecule has 1 saturated heterocycles. The lowest BCUT2D eigenvalue weighted by Crippen LogP contribution is -2.35. The summed E-state index contributed by atoms with van der Waals surface area (Å²) in [6.45, 7) is 4.15. The Kier molecular flexibility index (Phi) is 3.63. The van der Waals surface area contributed by atoms with Crippen LogP contribution in [0.1, 0.15) is 56.5 Å². The van der Waals surface area contributed by atoms with E-state index in [1.54, 1.807) is 0 Å². The Labute approximate surface area is 115 Å². The van der Waals surface area contributed by atoms with Crippen LogP contribution < -0.4 is 0 Å². The van der Waals surface area contributed by atoms with Crippen LogP contribution in [0.15, 0.2) is 16.5 Å². The van der Waals surface area contributed by atoms with Crippen LogP contribution in [0.4, 0.5) is 0 Å². The van der Waals surface area contributed by atoms with Crippen LogP contribution in [0.25, 0.3) is 0 Å². The number of amides is 1. The van der Waals surface area contributed by atoms with E-state index < -0.39 is 0 Å². The summed E-state index contributed by atoms with van der Waals surface area (Å²) < 4.78 is 5.84. The van der Waals surface area contributed by atoms with Crippen molar-refractivity contribution in [2.45, 2.75) is 51.4 Å². The molecule has 19 heavy (non-hydrogen) atoms. The average molecular weight is 261 g/mol. The molecule has 2 fully saturated rings. The van der Waals surface area contributed by atoms with E-state index in [2.05, 4.69) is 13.0 Å². The zero-order valence-electron chi connectivity index (χ0n) is 11.7. The zero-order valence-corrected chi connectivity index (χ0v) is 11.7. The first-order valence-electron chi connectivity index (χ1n) is 7.60. The van der Waals surface area contributed by atoms with Gasteiger partial charge >= 0.3 is 0 Å². The largest absolute Gasteiger partial charge is 0.466 e. The minimum Gasteiger partial charge on any atom is -0.466 e. The molecule has 0 aromatic carbocycles. The molecule has 0 radical (unpaired) electrons. The predicted molar refractivity (Wildman–Crippen MR) is 74.0 cm³/mol. The standard InChI is InChI=1S/C16H23NO2/c1-12-11-14(12)15-7-5-13(19-15)6-8-16(18)17-9-3-2-4-10-17/h5,7,12,14H,2-4,6,8-11H2,1H3/t12-,14+/m0/s1. The van der Waals surface area contributed by atoms with Gasteiger partial charge in [0, 0.05) is 31.8 Å². The van der Waals surface area contributed by atoms with Crippen molar-refractivity contribution in [2.75, 3.05) is 13.1 Å². The first-order chi connectivity index (χ1) is 9.24. The maximum absolute atomic E-state index is 12.1. The van der Waals surface area contributed by atoms with E-state index in [1.807, 2.05) is 11.0 Å². The Morgan fingerprint density at radius 1 is 1.32 bits per heavy atom. The fourth-order valence-electron chi connectivity index (χ4n) is 2.98. The first-order valence-corrected chi connectivity index (χ1v) is 7.60. The highest BCUT2D eigenvalue weighted by Gasteiger charge is 2.36. The molecule has 3 rings (SSSR count). The molecule has 2 heterocycles. The average Bonchev–Trinajstić information content (AvgIpc) is 3.00. The van der Waals surface area contributed by atoms with Crippen molar-refractivity contribution in [1.29, 1.82) is 0 Å². The van der Waals surface area contributed by atoms with E-state index >= 15 is 0 Å². The molecule has 1 aliphatic carbocycles. The normalized spacial score (nSPS) is 26.5. The number of piperidine rings is 1. The highest BCUT2D eigenvalue weighted by molar-refractivity contribution is 5.76. The van der Waals surface area contributed by atoms with Gasteiger partial charge in [-0.1, -0.05) is 6.92 Å². The van der Waals surface area contributed by atoms with Gasteiger partial charge in [0.25, 0.3) is 0 Å². The molecule has 3 nitrogen and oxygen atoms in total. The molecule has 0 unspecified atom stereocenters. The van der Waals surface area contributed by atoms with Gasteiger partial charge in [-0.15, -0.1) is 0 Å². The maximum Gasteiger partial charge on any atom is 0.223 e. The van der Waals surface area contributed by atoms with Crippen LogP contribution in [0.3, 0.4) is 0 Å². The van der Waals surface area contributed by atoms with Crippen LogP contribution in [-0.4, -0.2) is 23.9 Å². The van der Waals surface area contributed by atoms with Crippen LogP contribution in [0.5, 0.6) is 0 Å². The molecule has 1 aliphatic heterocycles. The molecule has 104 valence electrons.